The highest BCUT2D eigenvalue weighted by atomic mass is 16.5. The summed E-state index contributed by atoms with van der Waals surface area (Å²) < 4.78 is 6.09. The third-order valence-corrected chi connectivity index (χ3v) is 4.86. The van der Waals surface area contributed by atoms with Crippen LogP contribution in [0.25, 0.3) is 11.1 Å². The molecule has 0 atom stereocenters. The topological polar surface area (TPSA) is 52.4 Å². The molecule has 149 valence electrons. The van der Waals surface area contributed by atoms with Crippen LogP contribution in [0.3, 0.4) is 0 Å². The lowest BCUT2D eigenvalue weighted by molar-refractivity contribution is 0.0952. The van der Waals surface area contributed by atoms with E-state index in [1.807, 2.05) is 36.4 Å². The molecule has 28 heavy (non-hydrogen) atoms. The van der Waals surface area contributed by atoms with Crippen LogP contribution in [0.15, 0.2) is 48.5 Å². The maximum Gasteiger partial charge on any atom is 0.251 e. The molecule has 1 aliphatic rings. The number of carbonyl (C=O) groups excluding carboxylic acids is 1. The molecule has 1 fully saturated rings. The van der Waals surface area contributed by atoms with Crippen molar-refractivity contribution < 1.29 is 9.53 Å². The van der Waals surface area contributed by atoms with Gasteiger partial charge in [0.15, 0.2) is 0 Å². The standard InChI is InChI=1S/C24H31N2O2/c1-18(2)25-14-6-7-15-26-24(27)21-12-13-22(20-8-4-3-5-9-20)23(16-21)28-17-19-10-11-19/h3-5,8-9,12-13,16,18-19H,6-7,10-11,14-15,17H2,1-2H3,(H,26,27). The number of hydrogen-bond acceptors (Lipinski definition) is 2. The van der Waals surface area contributed by atoms with Crippen molar-refractivity contribution in [2.24, 2.45) is 5.92 Å². The summed E-state index contributed by atoms with van der Waals surface area (Å²) in [5.41, 5.74) is 2.79. The van der Waals surface area contributed by atoms with Gasteiger partial charge in [-0.3, -0.25) is 4.79 Å². The van der Waals surface area contributed by atoms with Gasteiger partial charge in [0.2, 0.25) is 0 Å². The van der Waals surface area contributed by atoms with E-state index >= 15 is 0 Å². The summed E-state index contributed by atoms with van der Waals surface area (Å²) in [7, 11) is 0. The summed E-state index contributed by atoms with van der Waals surface area (Å²) in [5.74, 6) is 1.41. The van der Waals surface area contributed by atoms with Gasteiger partial charge >= 0.3 is 0 Å². The third kappa shape index (κ3) is 6.38. The van der Waals surface area contributed by atoms with Crippen molar-refractivity contribution in [1.29, 1.82) is 0 Å². The minimum Gasteiger partial charge on any atom is -0.493 e. The SMILES string of the molecule is CC(C)[N]CCCCNC(=O)c1ccc(-c2ccccc2)c(OCC2CC2)c1. The Morgan fingerprint density at radius 3 is 2.64 bits per heavy atom. The zero-order chi connectivity index (χ0) is 19.8. The van der Waals surface area contributed by atoms with Crippen molar-refractivity contribution in [2.45, 2.75) is 45.6 Å². The van der Waals surface area contributed by atoms with Crippen molar-refractivity contribution in [3.05, 3.63) is 54.1 Å². The van der Waals surface area contributed by atoms with Crippen LogP contribution in [-0.4, -0.2) is 31.6 Å². The molecule has 4 heteroatoms. The van der Waals surface area contributed by atoms with E-state index in [1.54, 1.807) is 0 Å². The van der Waals surface area contributed by atoms with Crippen LogP contribution >= 0.6 is 0 Å². The van der Waals surface area contributed by atoms with Gasteiger partial charge in [-0.15, -0.1) is 0 Å². The van der Waals surface area contributed by atoms with Gasteiger partial charge in [-0.05, 0) is 69.2 Å². The predicted molar refractivity (Wildman–Crippen MR) is 114 cm³/mol. The number of unbranched alkanes of at least 4 members (excludes halogenated alkanes) is 1. The van der Waals surface area contributed by atoms with Gasteiger partial charge in [0.1, 0.15) is 5.75 Å². The Labute approximate surface area is 168 Å². The fraction of sp³-hybridized carbons (Fsp3) is 0.458. The van der Waals surface area contributed by atoms with E-state index in [9.17, 15) is 4.79 Å². The summed E-state index contributed by atoms with van der Waals surface area (Å²) >= 11 is 0. The van der Waals surface area contributed by atoms with E-state index in [0.29, 0.717) is 24.1 Å². The molecular formula is C24H31N2O2. The molecule has 2 aromatic rings. The first-order chi connectivity index (χ1) is 13.6. The Morgan fingerprint density at radius 1 is 1.14 bits per heavy atom. The van der Waals surface area contributed by atoms with Crippen molar-refractivity contribution in [1.82, 2.24) is 10.6 Å². The molecule has 1 amide bonds. The van der Waals surface area contributed by atoms with E-state index in [-0.39, 0.29) is 5.91 Å². The molecule has 0 aliphatic heterocycles. The first-order valence-corrected chi connectivity index (χ1v) is 10.4. The van der Waals surface area contributed by atoms with E-state index in [2.05, 4.69) is 36.6 Å². The molecular weight excluding hydrogens is 348 g/mol. The van der Waals surface area contributed by atoms with Crippen molar-refractivity contribution in [3.8, 4) is 16.9 Å². The number of carbonyl (C=O) groups is 1. The lowest BCUT2D eigenvalue weighted by Crippen LogP contribution is -2.25. The highest BCUT2D eigenvalue weighted by Crippen LogP contribution is 2.34. The number of nitrogens with one attached hydrogen (secondary N) is 1. The Hall–Kier alpha value is -2.33. The summed E-state index contributed by atoms with van der Waals surface area (Å²) in [6, 6.07) is 16.3. The van der Waals surface area contributed by atoms with Crippen LogP contribution in [0.4, 0.5) is 0 Å². The number of benzene rings is 2. The van der Waals surface area contributed by atoms with Crippen LogP contribution < -0.4 is 15.4 Å². The molecule has 0 saturated heterocycles. The molecule has 1 aliphatic carbocycles. The minimum absolute atomic E-state index is 0.0447. The molecule has 4 nitrogen and oxygen atoms in total. The van der Waals surface area contributed by atoms with E-state index in [4.69, 9.17) is 4.74 Å². The highest BCUT2D eigenvalue weighted by Gasteiger charge is 2.23. The quantitative estimate of drug-likeness (QED) is 0.577. The smallest absolute Gasteiger partial charge is 0.251 e. The Bertz CT molecular complexity index is 754. The summed E-state index contributed by atoms with van der Waals surface area (Å²) in [6.07, 6.45) is 4.42. The molecule has 0 heterocycles. The maximum atomic E-state index is 12.5. The zero-order valence-electron chi connectivity index (χ0n) is 17.0. The fourth-order valence-corrected chi connectivity index (χ4v) is 3.02. The summed E-state index contributed by atoms with van der Waals surface area (Å²) in [5, 5.41) is 7.47. The van der Waals surface area contributed by atoms with E-state index in [0.717, 1.165) is 42.9 Å². The first kappa shape index (κ1) is 20.4. The van der Waals surface area contributed by atoms with Gasteiger partial charge in [0.25, 0.3) is 5.91 Å². The molecule has 1 N–H and O–H groups in total. The van der Waals surface area contributed by atoms with Crippen LogP contribution in [0, 0.1) is 5.92 Å². The van der Waals surface area contributed by atoms with Gasteiger partial charge < -0.3 is 10.1 Å². The van der Waals surface area contributed by atoms with Gasteiger partial charge in [-0.25, -0.2) is 5.32 Å². The molecule has 0 unspecified atom stereocenters. The van der Waals surface area contributed by atoms with Crippen molar-refractivity contribution in [3.63, 3.8) is 0 Å². The average Bonchev–Trinajstić information content (AvgIpc) is 3.53. The van der Waals surface area contributed by atoms with Gasteiger partial charge in [-0.2, -0.15) is 0 Å². The second-order valence-corrected chi connectivity index (χ2v) is 7.79. The van der Waals surface area contributed by atoms with Gasteiger partial charge in [0.05, 0.1) is 6.61 Å². The number of ether oxygens (including phenoxy) is 1. The maximum absolute atomic E-state index is 12.5. The Morgan fingerprint density at radius 2 is 1.93 bits per heavy atom. The monoisotopic (exact) mass is 379 g/mol. The molecule has 0 bridgehead atoms. The first-order valence-electron chi connectivity index (χ1n) is 10.4. The molecule has 1 saturated carbocycles. The second-order valence-electron chi connectivity index (χ2n) is 7.79. The number of nitrogens with zero attached hydrogens (tertiary/aromatic N) is 1. The summed E-state index contributed by atoms with van der Waals surface area (Å²) in [6.45, 7) is 6.43. The Balaban J connectivity index is 1.60. The number of rotatable bonds is 11. The van der Waals surface area contributed by atoms with Gasteiger partial charge in [-0.1, -0.05) is 30.3 Å². The molecule has 0 spiro atoms. The van der Waals surface area contributed by atoms with Crippen molar-refractivity contribution >= 4 is 5.91 Å². The number of amides is 1. The normalized spacial score (nSPS) is 13.5. The molecule has 3 rings (SSSR count). The lowest BCUT2D eigenvalue weighted by atomic mass is 10.0. The van der Waals surface area contributed by atoms with Crippen LogP contribution in [0.2, 0.25) is 0 Å². The zero-order valence-corrected chi connectivity index (χ0v) is 17.0. The van der Waals surface area contributed by atoms with E-state index in [1.165, 1.54) is 12.8 Å². The molecule has 2 aromatic carbocycles. The largest absolute Gasteiger partial charge is 0.493 e. The number of hydrogen-bond donors (Lipinski definition) is 1. The highest BCUT2D eigenvalue weighted by molar-refractivity contribution is 5.95. The van der Waals surface area contributed by atoms with Crippen LogP contribution in [0.1, 0.15) is 49.9 Å². The minimum atomic E-state index is -0.0447. The average molecular weight is 380 g/mol. The van der Waals surface area contributed by atoms with E-state index < -0.39 is 0 Å². The van der Waals surface area contributed by atoms with Crippen LogP contribution in [-0.2, 0) is 0 Å². The Kier molecular flexibility index (Phi) is 7.49. The predicted octanol–water partition coefficient (Wildman–Crippen LogP) is 4.67. The lowest BCUT2D eigenvalue weighted by Gasteiger charge is -2.14. The summed E-state index contributed by atoms with van der Waals surface area (Å²) in [4.78, 5) is 12.5. The second kappa shape index (κ2) is 10.3. The third-order valence-electron chi connectivity index (χ3n) is 4.86. The van der Waals surface area contributed by atoms with Crippen molar-refractivity contribution in [2.75, 3.05) is 19.7 Å². The molecule has 1 radical (unpaired) electrons. The van der Waals surface area contributed by atoms with Crippen LogP contribution in [0.5, 0.6) is 5.75 Å². The fourth-order valence-electron chi connectivity index (χ4n) is 3.02. The molecule has 0 aromatic heterocycles. The van der Waals surface area contributed by atoms with Gasteiger partial charge in [0, 0.05) is 30.3 Å².